The van der Waals surface area contributed by atoms with Crippen LogP contribution < -0.4 is 0 Å². The highest BCUT2D eigenvalue weighted by atomic mass is 14.4. The van der Waals surface area contributed by atoms with Gasteiger partial charge in [-0.25, -0.2) is 0 Å². The van der Waals surface area contributed by atoms with Gasteiger partial charge in [0.2, 0.25) is 0 Å². The highest BCUT2D eigenvalue weighted by Gasteiger charge is 2.37. The largest absolute Gasteiger partial charge is 0.0616 e. The third-order valence-electron chi connectivity index (χ3n) is 17.0. The van der Waals surface area contributed by atoms with Crippen LogP contribution in [0.1, 0.15) is 85.9 Å². The highest BCUT2D eigenvalue weighted by molar-refractivity contribution is 6.15. The summed E-state index contributed by atoms with van der Waals surface area (Å²) in [4.78, 5) is 0. The number of aryl methyl sites for hydroxylation is 2. The molecule has 0 aromatic heterocycles. The fourth-order valence-corrected chi connectivity index (χ4v) is 12.9. The molecule has 0 saturated carbocycles. The lowest BCUT2D eigenvalue weighted by atomic mass is 9.80. The van der Waals surface area contributed by atoms with Crippen LogP contribution in [-0.2, 0) is 17.3 Å². The molecule has 0 spiro atoms. The van der Waals surface area contributed by atoms with E-state index in [1.54, 1.807) is 0 Å². The van der Waals surface area contributed by atoms with E-state index in [4.69, 9.17) is 0 Å². The van der Waals surface area contributed by atoms with Gasteiger partial charge >= 0.3 is 0 Å². The lowest BCUT2D eigenvalue weighted by Gasteiger charge is -2.24. The van der Waals surface area contributed by atoms with Crippen molar-refractivity contribution < 1.29 is 0 Å². The second-order valence-corrected chi connectivity index (χ2v) is 22.1. The van der Waals surface area contributed by atoms with Crippen molar-refractivity contribution in [1.29, 1.82) is 0 Å². The van der Waals surface area contributed by atoms with Gasteiger partial charge in [-0.3, -0.25) is 0 Å². The van der Waals surface area contributed by atoms with E-state index in [0.29, 0.717) is 5.92 Å². The summed E-state index contributed by atoms with van der Waals surface area (Å²) in [7, 11) is 0. The minimum absolute atomic E-state index is 0.0132. The molecule has 0 bridgehead atoms. The zero-order chi connectivity index (χ0) is 49.6. The Bertz CT molecular complexity index is 4170. The molecule has 0 radical (unpaired) electrons. The van der Waals surface area contributed by atoms with Crippen molar-refractivity contribution in [3.8, 4) is 44.5 Å². The van der Waals surface area contributed by atoms with E-state index in [0.717, 1.165) is 12.8 Å². The summed E-state index contributed by atoms with van der Waals surface area (Å²) in [6.07, 6.45) is 2.23. The quantitative estimate of drug-likeness (QED) is 0.146. The Hall–Kier alpha value is -8.06. The first-order chi connectivity index (χ1) is 35.5. The average Bonchev–Trinajstić information content (AvgIpc) is 3.80. The summed E-state index contributed by atoms with van der Waals surface area (Å²) in [5.41, 5.74) is 20.7. The zero-order valence-electron chi connectivity index (χ0n) is 42.9. The Morgan fingerprint density at radius 2 is 0.740 bits per heavy atom. The number of benzene rings is 12. The second kappa shape index (κ2) is 17.3. The van der Waals surface area contributed by atoms with Gasteiger partial charge < -0.3 is 0 Å². The van der Waals surface area contributed by atoms with Crippen LogP contribution in [0.2, 0.25) is 0 Å². The Kier molecular flexibility index (Phi) is 10.6. The van der Waals surface area contributed by atoms with Crippen LogP contribution in [0.4, 0.5) is 0 Å². The first-order valence-electron chi connectivity index (χ1n) is 26.4. The molecule has 1 atom stereocenters. The Morgan fingerprint density at radius 1 is 0.329 bits per heavy atom. The zero-order valence-corrected chi connectivity index (χ0v) is 42.9. The topological polar surface area (TPSA) is 0 Å². The third kappa shape index (κ3) is 7.41. The van der Waals surface area contributed by atoms with Crippen molar-refractivity contribution in [2.45, 2.75) is 71.1 Å². The minimum Gasteiger partial charge on any atom is -0.0616 e. The normalized spacial score (nSPS) is 14.2. The molecule has 0 N–H and O–H groups in total. The summed E-state index contributed by atoms with van der Waals surface area (Å²) in [5.74, 6) is 0.489. The first-order valence-corrected chi connectivity index (χ1v) is 26.4. The monoisotopic (exact) mass is 936 g/mol. The molecule has 2 aliphatic rings. The fraction of sp³-hybridized carbons (Fsp3) is 0.151. The lowest BCUT2D eigenvalue weighted by Crippen LogP contribution is -2.15. The molecule has 0 fully saturated rings. The van der Waals surface area contributed by atoms with Crippen LogP contribution in [0.3, 0.4) is 0 Å². The van der Waals surface area contributed by atoms with E-state index < -0.39 is 0 Å². The van der Waals surface area contributed by atoms with Crippen molar-refractivity contribution in [2.75, 3.05) is 0 Å². The Balaban J connectivity index is 0.000000151. The molecule has 0 amide bonds. The minimum atomic E-state index is -0.0569. The maximum Gasteiger partial charge on any atom is 0.0159 e. The molecule has 14 rings (SSSR count). The maximum atomic E-state index is 2.51. The molecule has 0 heterocycles. The molecule has 1 unspecified atom stereocenters. The summed E-state index contributed by atoms with van der Waals surface area (Å²) in [6.45, 7) is 14.1. The SMILES string of the molecule is CC(CCc1cccc2ccccc12)c1ccc2c(c1)C(C)(C)c1cc(-c3cc4ccccc4c4ccccc34)ccc1-2.Cc1ccc2c(c1)C(C)(C)c1cc(-c3cc4ccccc4c4ccccc34)ccc1-2. The lowest BCUT2D eigenvalue weighted by molar-refractivity contribution is 0.649. The number of fused-ring (bicyclic) bond motifs is 13. The summed E-state index contributed by atoms with van der Waals surface area (Å²) >= 11 is 0. The Labute approximate surface area is 430 Å². The van der Waals surface area contributed by atoms with Gasteiger partial charge in [0.1, 0.15) is 0 Å². The van der Waals surface area contributed by atoms with Crippen molar-refractivity contribution >= 4 is 53.9 Å². The van der Waals surface area contributed by atoms with E-state index in [-0.39, 0.29) is 10.8 Å². The van der Waals surface area contributed by atoms with Gasteiger partial charge in [0.15, 0.2) is 0 Å². The average molecular weight is 937 g/mol. The predicted molar refractivity (Wildman–Crippen MR) is 314 cm³/mol. The fourth-order valence-electron chi connectivity index (χ4n) is 12.9. The molecule has 12 aromatic rings. The van der Waals surface area contributed by atoms with Gasteiger partial charge in [-0.1, -0.05) is 240 Å². The van der Waals surface area contributed by atoms with Crippen LogP contribution in [0.15, 0.2) is 224 Å². The maximum absolute atomic E-state index is 2.51. The molecular formula is C73H60. The van der Waals surface area contributed by atoms with Crippen molar-refractivity contribution in [3.63, 3.8) is 0 Å². The van der Waals surface area contributed by atoms with E-state index >= 15 is 0 Å². The predicted octanol–water partition coefficient (Wildman–Crippen LogP) is 20.1. The van der Waals surface area contributed by atoms with Crippen molar-refractivity contribution in [1.82, 2.24) is 0 Å². The van der Waals surface area contributed by atoms with E-state index in [1.807, 2.05) is 0 Å². The van der Waals surface area contributed by atoms with Crippen LogP contribution >= 0.6 is 0 Å². The van der Waals surface area contributed by atoms with E-state index in [2.05, 4.69) is 266 Å². The molecular weight excluding hydrogens is 877 g/mol. The van der Waals surface area contributed by atoms with Gasteiger partial charge in [-0.2, -0.15) is 0 Å². The summed E-state index contributed by atoms with van der Waals surface area (Å²) < 4.78 is 0. The molecule has 2 aliphatic carbocycles. The van der Waals surface area contributed by atoms with Crippen LogP contribution in [0.5, 0.6) is 0 Å². The Morgan fingerprint density at radius 3 is 1.29 bits per heavy atom. The second-order valence-electron chi connectivity index (χ2n) is 22.1. The molecule has 0 aliphatic heterocycles. The standard InChI is InChI=1S/C43H36.C30H24/c1-28(19-20-30-14-10-13-29-11-4-6-15-34(29)30)31-21-23-38-39-24-22-33(27-42(39)43(2,3)41(38)26-31)40-25-32-12-5-7-16-35(32)36-17-8-9-18-37(36)40;1-19-12-14-25-26-15-13-21(18-29(26)30(2,3)28(25)16-19)27-17-20-8-4-5-9-22(20)23-10-6-7-11-24(23)27/h4-18,21-28H,19-20H2,1-3H3;4-18H,1-3H3. The summed E-state index contributed by atoms with van der Waals surface area (Å²) in [5, 5.41) is 13.2. The highest BCUT2D eigenvalue weighted by Crippen LogP contribution is 2.52. The molecule has 73 heavy (non-hydrogen) atoms. The summed E-state index contributed by atoms with van der Waals surface area (Å²) in [6, 6.07) is 83.7. The number of hydrogen-bond donors (Lipinski definition) is 0. The van der Waals surface area contributed by atoms with Gasteiger partial charge in [0.25, 0.3) is 0 Å². The first kappa shape index (κ1) is 44.8. The van der Waals surface area contributed by atoms with Gasteiger partial charge in [0.05, 0.1) is 0 Å². The molecule has 0 saturated heterocycles. The molecule has 0 nitrogen and oxygen atoms in total. The number of hydrogen-bond acceptors (Lipinski definition) is 0. The van der Waals surface area contributed by atoms with Gasteiger partial charge in [0, 0.05) is 10.8 Å². The molecule has 0 heteroatoms. The van der Waals surface area contributed by atoms with Crippen LogP contribution in [0, 0.1) is 6.92 Å². The van der Waals surface area contributed by atoms with E-state index in [1.165, 1.54) is 137 Å². The van der Waals surface area contributed by atoms with Crippen molar-refractivity contribution in [3.05, 3.63) is 263 Å². The van der Waals surface area contributed by atoms with Crippen LogP contribution in [-0.4, -0.2) is 0 Å². The molecule has 12 aromatic carbocycles. The van der Waals surface area contributed by atoms with Gasteiger partial charge in [-0.05, 0) is 182 Å². The van der Waals surface area contributed by atoms with Crippen molar-refractivity contribution in [2.24, 2.45) is 0 Å². The number of rotatable bonds is 6. The molecule has 352 valence electrons. The third-order valence-corrected chi connectivity index (χ3v) is 17.0. The van der Waals surface area contributed by atoms with Gasteiger partial charge in [-0.15, -0.1) is 0 Å². The smallest absolute Gasteiger partial charge is 0.0159 e. The van der Waals surface area contributed by atoms with E-state index in [9.17, 15) is 0 Å². The van der Waals surface area contributed by atoms with Crippen LogP contribution in [0.25, 0.3) is 98.4 Å².